The van der Waals surface area contributed by atoms with E-state index in [0.717, 1.165) is 79.1 Å². The fourth-order valence-electron chi connectivity index (χ4n) is 8.54. The highest BCUT2D eigenvalue weighted by atomic mass is 35.5. The molecule has 9 heteroatoms. The molecule has 0 aliphatic heterocycles. The van der Waals surface area contributed by atoms with E-state index in [1.54, 1.807) is 18.3 Å². The van der Waals surface area contributed by atoms with E-state index in [9.17, 15) is 19.8 Å². The van der Waals surface area contributed by atoms with Crippen molar-refractivity contribution >= 4 is 40.1 Å². The van der Waals surface area contributed by atoms with Gasteiger partial charge in [0.1, 0.15) is 11.4 Å². The lowest BCUT2D eigenvalue weighted by Crippen LogP contribution is -2.67. The number of alkyl carbamates (subject to hydrolysis) is 1. The Hall–Kier alpha value is -3.36. The van der Waals surface area contributed by atoms with E-state index in [1.165, 1.54) is 0 Å². The minimum absolute atomic E-state index is 0.0255. The highest BCUT2D eigenvalue weighted by Crippen LogP contribution is 2.59. The molecule has 1 aromatic heterocycles. The number of benzene rings is 2. The summed E-state index contributed by atoms with van der Waals surface area (Å²) in [5.41, 5.74) is 2.90. The number of aliphatic hydroxyl groups excluding tert-OH is 1. The fraction of sp³-hybridized carbons (Fsp3) is 0.514. The molecule has 8 rings (SSSR count). The largest absolute Gasteiger partial charge is 0.506 e. The zero-order chi connectivity index (χ0) is 31.0. The molecule has 5 fully saturated rings. The quantitative estimate of drug-likeness (QED) is 0.204. The van der Waals surface area contributed by atoms with Crippen LogP contribution in [-0.4, -0.2) is 43.8 Å². The molecular formula is C35H40ClN3O5. The number of Topliss-reactive ketones (excluding diaryl/α,β-unsaturated/α-hetero) is 1. The van der Waals surface area contributed by atoms with E-state index in [2.05, 4.69) is 10.6 Å². The summed E-state index contributed by atoms with van der Waals surface area (Å²) in [5.74, 6) is 0.962. The number of phenols is 1. The van der Waals surface area contributed by atoms with Crippen LogP contribution < -0.4 is 10.6 Å². The number of ketones is 1. The molecule has 5 aliphatic rings. The lowest BCUT2D eigenvalue weighted by molar-refractivity contribution is -0.0324. The maximum Gasteiger partial charge on any atom is 0.408 e. The zero-order valence-corrected chi connectivity index (χ0v) is 26.3. The number of anilines is 1. The monoisotopic (exact) mass is 617 g/mol. The van der Waals surface area contributed by atoms with Crippen molar-refractivity contribution in [2.75, 3.05) is 5.32 Å². The van der Waals surface area contributed by atoms with Crippen LogP contribution in [0.1, 0.15) is 88.1 Å². The number of halogens is 1. The number of rotatable bonds is 7. The molecule has 44 heavy (non-hydrogen) atoms. The predicted molar refractivity (Wildman–Crippen MR) is 170 cm³/mol. The number of aromatic hydroxyl groups is 1. The van der Waals surface area contributed by atoms with Gasteiger partial charge in [0.25, 0.3) is 0 Å². The average molecular weight is 618 g/mol. The number of nitrogens with zero attached hydrogens (tertiary/aromatic N) is 1. The molecule has 0 radical (unpaired) electrons. The first-order valence-corrected chi connectivity index (χ1v) is 16.1. The van der Waals surface area contributed by atoms with E-state index < -0.39 is 5.60 Å². The maximum absolute atomic E-state index is 13.7. The minimum Gasteiger partial charge on any atom is -0.506 e. The number of amides is 1. The van der Waals surface area contributed by atoms with Crippen molar-refractivity contribution in [2.24, 2.45) is 17.8 Å². The molecule has 5 aliphatic carbocycles. The summed E-state index contributed by atoms with van der Waals surface area (Å²) in [5, 5.41) is 28.4. The molecule has 0 spiro atoms. The van der Waals surface area contributed by atoms with Crippen LogP contribution in [0.3, 0.4) is 0 Å². The van der Waals surface area contributed by atoms with Gasteiger partial charge in [-0.25, -0.2) is 4.79 Å². The van der Waals surface area contributed by atoms with Gasteiger partial charge in [-0.15, -0.1) is 0 Å². The van der Waals surface area contributed by atoms with E-state index in [0.29, 0.717) is 23.0 Å². The SMILES string of the molecule is CC(C)(C)OC(=O)NC12CC3CC(C1)CC(Nc1c(C(=O)C4CC4)cnc4ccc(-c5cc(Cl)c(O)c(CO)c5)cc14)(C3)C2. The van der Waals surface area contributed by atoms with Crippen molar-refractivity contribution in [3.8, 4) is 16.9 Å². The molecule has 4 bridgehead atoms. The molecule has 1 heterocycles. The topological polar surface area (TPSA) is 121 Å². The predicted octanol–water partition coefficient (Wildman–Crippen LogP) is 7.37. The van der Waals surface area contributed by atoms with Gasteiger partial charge in [-0.05, 0) is 119 Å². The third-order valence-corrected chi connectivity index (χ3v) is 10.2. The van der Waals surface area contributed by atoms with Crippen molar-refractivity contribution in [2.45, 2.75) is 95.4 Å². The van der Waals surface area contributed by atoms with Crippen LogP contribution in [0.15, 0.2) is 36.5 Å². The first-order chi connectivity index (χ1) is 20.8. The van der Waals surface area contributed by atoms with Crippen molar-refractivity contribution in [1.82, 2.24) is 10.3 Å². The van der Waals surface area contributed by atoms with E-state index >= 15 is 0 Å². The van der Waals surface area contributed by atoms with Crippen LogP contribution in [0, 0.1) is 17.8 Å². The Morgan fingerprint density at radius 3 is 2.41 bits per heavy atom. The molecular weight excluding hydrogens is 578 g/mol. The molecule has 4 N–H and O–H groups in total. The third kappa shape index (κ3) is 5.40. The smallest absolute Gasteiger partial charge is 0.408 e. The molecule has 0 saturated heterocycles. The Morgan fingerprint density at radius 1 is 1.05 bits per heavy atom. The van der Waals surface area contributed by atoms with Crippen LogP contribution in [0.25, 0.3) is 22.0 Å². The Kier molecular flexibility index (Phi) is 6.90. The van der Waals surface area contributed by atoms with Gasteiger partial charge in [-0.3, -0.25) is 9.78 Å². The molecule has 8 nitrogen and oxygen atoms in total. The lowest BCUT2D eigenvalue weighted by Gasteiger charge is -2.62. The number of carbonyl (C=O) groups is 2. The Labute approximate surface area is 262 Å². The van der Waals surface area contributed by atoms with Crippen molar-refractivity contribution < 1.29 is 24.5 Å². The minimum atomic E-state index is -0.576. The van der Waals surface area contributed by atoms with Crippen LogP contribution in [-0.2, 0) is 11.3 Å². The van der Waals surface area contributed by atoms with Gasteiger partial charge in [0.15, 0.2) is 5.78 Å². The highest BCUT2D eigenvalue weighted by Gasteiger charge is 2.59. The van der Waals surface area contributed by atoms with Crippen molar-refractivity contribution in [3.05, 3.63) is 52.7 Å². The van der Waals surface area contributed by atoms with E-state index in [1.807, 2.05) is 39.0 Å². The van der Waals surface area contributed by atoms with E-state index in [-0.39, 0.29) is 46.3 Å². The summed E-state index contributed by atoms with van der Waals surface area (Å²) >= 11 is 6.32. The normalized spacial score (nSPS) is 27.4. The average Bonchev–Trinajstić information content (AvgIpc) is 3.77. The molecule has 2 aromatic carbocycles. The second-order valence-corrected chi connectivity index (χ2v) is 15.2. The number of fused-ring (bicyclic) bond motifs is 1. The molecule has 232 valence electrons. The zero-order valence-electron chi connectivity index (χ0n) is 25.5. The number of hydrogen-bond acceptors (Lipinski definition) is 7. The van der Waals surface area contributed by atoms with Crippen LogP contribution in [0.5, 0.6) is 5.75 Å². The van der Waals surface area contributed by atoms with Crippen LogP contribution in [0.4, 0.5) is 10.5 Å². The fourth-order valence-corrected chi connectivity index (χ4v) is 8.78. The lowest BCUT2D eigenvalue weighted by atomic mass is 9.50. The Bertz CT molecular complexity index is 1660. The summed E-state index contributed by atoms with van der Waals surface area (Å²) in [7, 11) is 0. The summed E-state index contributed by atoms with van der Waals surface area (Å²) in [4.78, 5) is 31.4. The highest BCUT2D eigenvalue weighted by molar-refractivity contribution is 6.32. The molecule has 3 aromatic rings. The Balaban J connectivity index is 1.30. The molecule has 5 saturated carbocycles. The number of hydrogen-bond donors (Lipinski definition) is 4. The number of aromatic nitrogens is 1. The molecule has 1 amide bonds. The summed E-state index contributed by atoms with van der Waals surface area (Å²) in [6, 6.07) is 9.31. The van der Waals surface area contributed by atoms with Crippen molar-refractivity contribution in [3.63, 3.8) is 0 Å². The number of pyridine rings is 1. The number of nitrogens with one attached hydrogen (secondary N) is 2. The maximum atomic E-state index is 13.7. The van der Waals surface area contributed by atoms with Gasteiger partial charge >= 0.3 is 6.09 Å². The van der Waals surface area contributed by atoms with Crippen LogP contribution in [0.2, 0.25) is 5.02 Å². The summed E-state index contributed by atoms with van der Waals surface area (Å²) < 4.78 is 5.69. The molecule has 2 atom stereocenters. The van der Waals surface area contributed by atoms with Gasteiger partial charge in [0.2, 0.25) is 0 Å². The summed E-state index contributed by atoms with van der Waals surface area (Å²) in [6.07, 6.45) is 8.91. The van der Waals surface area contributed by atoms with Crippen molar-refractivity contribution in [1.29, 1.82) is 0 Å². The van der Waals surface area contributed by atoms with Gasteiger partial charge in [0, 0.05) is 34.1 Å². The standard InChI is InChI=1S/C35H40ClN3O5/c1-33(2,3)44-32(43)39-35-14-19-8-20(15-35)13-34(12-19,18-35)38-29-25-10-22(23-9-24(17-40)31(42)27(36)11-23)6-7-28(25)37-16-26(29)30(41)21-4-5-21/h6-7,9-11,16,19-21,40,42H,4-5,8,12-15,17-18H2,1-3H3,(H,37,38)(H,39,43). The second kappa shape index (κ2) is 10.3. The first-order valence-electron chi connectivity index (χ1n) is 15.7. The molecule has 2 unspecified atom stereocenters. The number of ether oxygens (including phenoxy) is 1. The van der Waals surface area contributed by atoms with Gasteiger partial charge in [-0.2, -0.15) is 0 Å². The number of aliphatic hydroxyl groups is 1. The third-order valence-electron chi connectivity index (χ3n) is 9.94. The van der Waals surface area contributed by atoms with Gasteiger partial charge in [-0.1, -0.05) is 17.7 Å². The van der Waals surface area contributed by atoms with Gasteiger partial charge in [0.05, 0.1) is 28.4 Å². The first kappa shape index (κ1) is 29.4. The number of carbonyl (C=O) groups excluding carboxylic acids is 2. The van der Waals surface area contributed by atoms with Gasteiger partial charge < -0.3 is 25.6 Å². The Morgan fingerprint density at radius 2 is 1.75 bits per heavy atom. The van der Waals surface area contributed by atoms with Crippen LogP contribution >= 0.6 is 11.6 Å². The van der Waals surface area contributed by atoms with E-state index in [4.69, 9.17) is 21.3 Å². The second-order valence-electron chi connectivity index (χ2n) is 14.8. The summed E-state index contributed by atoms with van der Waals surface area (Å²) in [6.45, 7) is 5.30.